The number of aliphatic hydroxyl groups is 1. The number of hydrogen-bond acceptors (Lipinski definition) is 9. The number of carbonyl (C=O) groups is 4. The fourth-order valence-corrected chi connectivity index (χ4v) is 5.29. The largest absolute Gasteiger partial charge is 0.497 e. The molecule has 0 radical (unpaired) electrons. The number of Topliss-reactive ketones (excluding diaryl/α,β-unsaturated/α-hetero) is 2. The van der Waals surface area contributed by atoms with Gasteiger partial charge in [-0.2, -0.15) is 0 Å². The SMILES string of the molecule is COc1ccc(C[C@H](CC(=O)[C@@H](NC(=O)CN2CCOCC2)[C@@H](C)O)C(=O)N[C@@H](Cc2ccccc2)C(=O)[C@@]2(C)CO2)cc1. The number of amides is 2. The van der Waals surface area contributed by atoms with Crippen LogP contribution in [0.25, 0.3) is 0 Å². The lowest BCUT2D eigenvalue weighted by atomic mass is 9.88. The molecule has 0 aliphatic carbocycles. The first-order chi connectivity index (χ1) is 21.1. The number of ketones is 2. The van der Waals surface area contributed by atoms with Gasteiger partial charge in [0.25, 0.3) is 0 Å². The Hall–Kier alpha value is -3.64. The molecular weight excluding hydrogens is 566 g/mol. The van der Waals surface area contributed by atoms with Gasteiger partial charge in [-0.25, -0.2) is 0 Å². The minimum Gasteiger partial charge on any atom is -0.497 e. The minimum atomic E-state index is -1.20. The molecule has 2 aromatic rings. The molecule has 2 aliphatic heterocycles. The lowest BCUT2D eigenvalue weighted by Gasteiger charge is -2.28. The first-order valence-electron chi connectivity index (χ1n) is 15.0. The third-order valence-electron chi connectivity index (χ3n) is 8.09. The molecule has 2 aliphatic rings. The van der Waals surface area contributed by atoms with Crippen LogP contribution in [0.2, 0.25) is 0 Å². The normalized spacial score (nSPS) is 20.9. The van der Waals surface area contributed by atoms with Crippen LogP contribution in [0.5, 0.6) is 5.75 Å². The summed E-state index contributed by atoms with van der Waals surface area (Å²) in [5.41, 5.74) is 0.693. The van der Waals surface area contributed by atoms with Crippen LogP contribution in [0.3, 0.4) is 0 Å². The van der Waals surface area contributed by atoms with Gasteiger partial charge in [-0.05, 0) is 49.9 Å². The molecule has 0 saturated carbocycles. The van der Waals surface area contributed by atoms with Crippen LogP contribution in [-0.2, 0) is 41.5 Å². The van der Waals surface area contributed by atoms with Crippen LogP contribution in [0.4, 0.5) is 0 Å². The van der Waals surface area contributed by atoms with Gasteiger partial charge >= 0.3 is 0 Å². The first-order valence-corrected chi connectivity index (χ1v) is 15.0. The van der Waals surface area contributed by atoms with E-state index in [2.05, 4.69) is 10.6 Å². The van der Waals surface area contributed by atoms with Gasteiger partial charge in [0.05, 0.1) is 45.6 Å². The Bertz CT molecular complexity index is 1270. The molecule has 2 fully saturated rings. The Morgan fingerprint density at radius 2 is 1.61 bits per heavy atom. The molecule has 238 valence electrons. The van der Waals surface area contributed by atoms with E-state index in [0.717, 1.165) is 11.1 Å². The molecule has 2 saturated heterocycles. The Morgan fingerprint density at radius 1 is 0.977 bits per heavy atom. The number of morpholine rings is 1. The molecular formula is C33H43N3O8. The van der Waals surface area contributed by atoms with Crippen molar-refractivity contribution in [2.75, 3.05) is 46.6 Å². The predicted molar refractivity (Wildman–Crippen MR) is 162 cm³/mol. The summed E-state index contributed by atoms with van der Waals surface area (Å²) in [6.45, 7) is 5.71. The highest BCUT2D eigenvalue weighted by molar-refractivity contribution is 5.98. The van der Waals surface area contributed by atoms with Crippen molar-refractivity contribution in [2.24, 2.45) is 5.92 Å². The third-order valence-corrected chi connectivity index (χ3v) is 8.09. The number of benzene rings is 2. The van der Waals surface area contributed by atoms with E-state index in [9.17, 15) is 24.3 Å². The number of nitrogens with one attached hydrogen (secondary N) is 2. The highest BCUT2D eigenvalue weighted by atomic mass is 16.6. The van der Waals surface area contributed by atoms with Crippen molar-refractivity contribution in [3.05, 3.63) is 65.7 Å². The van der Waals surface area contributed by atoms with Gasteiger partial charge in [0.15, 0.2) is 11.6 Å². The molecule has 2 heterocycles. The van der Waals surface area contributed by atoms with Crippen LogP contribution in [0.15, 0.2) is 54.6 Å². The van der Waals surface area contributed by atoms with Crippen molar-refractivity contribution < 1.29 is 38.5 Å². The maximum absolute atomic E-state index is 13.9. The molecule has 44 heavy (non-hydrogen) atoms. The number of aliphatic hydroxyl groups excluding tert-OH is 1. The summed E-state index contributed by atoms with van der Waals surface area (Å²) in [6, 6.07) is 14.5. The number of epoxide rings is 1. The molecule has 2 aromatic carbocycles. The smallest absolute Gasteiger partial charge is 0.234 e. The lowest BCUT2D eigenvalue weighted by Crippen LogP contribution is -2.53. The van der Waals surface area contributed by atoms with E-state index < -0.39 is 47.3 Å². The van der Waals surface area contributed by atoms with Crippen LogP contribution >= 0.6 is 0 Å². The Balaban J connectivity index is 1.51. The number of carbonyl (C=O) groups excluding carboxylic acids is 4. The molecule has 0 bridgehead atoms. The zero-order chi connectivity index (χ0) is 31.7. The molecule has 0 unspecified atom stereocenters. The van der Waals surface area contributed by atoms with E-state index in [0.29, 0.717) is 32.1 Å². The van der Waals surface area contributed by atoms with Crippen LogP contribution in [0.1, 0.15) is 31.4 Å². The van der Waals surface area contributed by atoms with Crippen molar-refractivity contribution in [1.82, 2.24) is 15.5 Å². The van der Waals surface area contributed by atoms with E-state index >= 15 is 0 Å². The molecule has 11 heteroatoms. The lowest BCUT2D eigenvalue weighted by molar-refractivity contribution is -0.135. The maximum Gasteiger partial charge on any atom is 0.234 e. The Kier molecular flexibility index (Phi) is 11.6. The molecule has 11 nitrogen and oxygen atoms in total. The van der Waals surface area contributed by atoms with Gasteiger partial charge in [-0.1, -0.05) is 42.5 Å². The molecule has 5 atom stereocenters. The van der Waals surface area contributed by atoms with Gasteiger partial charge < -0.3 is 30.0 Å². The summed E-state index contributed by atoms with van der Waals surface area (Å²) in [6.07, 6.45) is -0.983. The first kappa shape index (κ1) is 33.3. The van der Waals surface area contributed by atoms with Gasteiger partial charge in [0.1, 0.15) is 17.4 Å². The maximum atomic E-state index is 13.9. The summed E-state index contributed by atoms with van der Waals surface area (Å²) in [5, 5.41) is 16.0. The van der Waals surface area contributed by atoms with Gasteiger partial charge in [-0.3, -0.25) is 24.1 Å². The van der Waals surface area contributed by atoms with E-state index in [1.54, 1.807) is 26.2 Å². The van der Waals surface area contributed by atoms with E-state index in [4.69, 9.17) is 14.2 Å². The standard InChI is InChI=1S/C33H43N3O8/c1-22(37)30(35-29(39)20-36-13-15-43-16-14-36)28(38)19-25(17-24-9-11-26(42-3)12-10-24)32(41)34-27(31(40)33(2)21-44-33)18-23-7-5-4-6-8-23/h4-12,22,25,27,30,37H,13-21H2,1-3H3,(H,34,41)(H,35,39)/t22-,25-,27+,30+,33-/m1/s1. The van der Waals surface area contributed by atoms with Crippen molar-refractivity contribution in [3.8, 4) is 5.75 Å². The monoisotopic (exact) mass is 609 g/mol. The summed E-state index contributed by atoms with van der Waals surface area (Å²) >= 11 is 0. The summed E-state index contributed by atoms with van der Waals surface area (Å²) in [5.74, 6) is -1.82. The molecule has 0 aromatic heterocycles. The van der Waals surface area contributed by atoms with Crippen molar-refractivity contribution >= 4 is 23.4 Å². The summed E-state index contributed by atoms with van der Waals surface area (Å²) < 4.78 is 16.0. The molecule has 4 rings (SSSR count). The summed E-state index contributed by atoms with van der Waals surface area (Å²) in [7, 11) is 1.56. The van der Waals surface area contributed by atoms with Gasteiger partial charge in [0, 0.05) is 25.4 Å². The topological polar surface area (TPSA) is 147 Å². The van der Waals surface area contributed by atoms with Crippen molar-refractivity contribution in [3.63, 3.8) is 0 Å². The highest BCUT2D eigenvalue weighted by Crippen LogP contribution is 2.29. The van der Waals surface area contributed by atoms with Crippen LogP contribution in [-0.4, -0.2) is 104 Å². The molecule has 2 amide bonds. The number of rotatable bonds is 16. The van der Waals surface area contributed by atoms with Crippen LogP contribution in [0, 0.1) is 5.92 Å². The van der Waals surface area contributed by atoms with E-state index in [-0.39, 0.29) is 38.2 Å². The average Bonchev–Trinajstić information content (AvgIpc) is 3.78. The molecule has 0 spiro atoms. The predicted octanol–water partition coefficient (Wildman–Crippen LogP) is 1.10. The van der Waals surface area contributed by atoms with E-state index in [1.807, 2.05) is 47.4 Å². The fraction of sp³-hybridized carbons (Fsp3) is 0.515. The fourth-order valence-electron chi connectivity index (χ4n) is 5.29. The quantitative estimate of drug-likeness (QED) is 0.238. The number of hydrogen-bond donors (Lipinski definition) is 3. The second-order valence-electron chi connectivity index (χ2n) is 11.7. The Morgan fingerprint density at radius 3 is 2.20 bits per heavy atom. The van der Waals surface area contributed by atoms with Crippen LogP contribution < -0.4 is 15.4 Å². The van der Waals surface area contributed by atoms with Gasteiger partial charge in [0.2, 0.25) is 11.8 Å². The minimum absolute atomic E-state index is 0.0692. The number of ether oxygens (including phenoxy) is 3. The van der Waals surface area contributed by atoms with E-state index in [1.165, 1.54) is 6.92 Å². The second kappa shape index (κ2) is 15.4. The Labute approximate surface area is 258 Å². The summed E-state index contributed by atoms with van der Waals surface area (Å²) in [4.78, 5) is 55.6. The number of nitrogens with zero attached hydrogens (tertiary/aromatic N) is 1. The highest BCUT2D eigenvalue weighted by Gasteiger charge is 2.50. The zero-order valence-corrected chi connectivity index (χ0v) is 25.6. The second-order valence-corrected chi connectivity index (χ2v) is 11.7. The zero-order valence-electron chi connectivity index (χ0n) is 25.6. The van der Waals surface area contributed by atoms with Crippen molar-refractivity contribution in [2.45, 2.75) is 56.9 Å². The van der Waals surface area contributed by atoms with Gasteiger partial charge in [-0.15, -0.1) is 0 Å². The molecule has 3 N–H and O–H groups in total. The third kappa shape index (κ3) is 9.43. The van der Waals surface area contributed by atoms with Crippen molar-refractivity contribution in [1.29, 1.82) is 0 Å². The number of methoxy groups -OCH3 is 1. The average molecular weight is 610 g/mol.